The van der Waals surface area contributed by atoms with Crippen LogP contribution in [0, 0.1) is 5.92 Å². The molecule has 0 heterocycles. The zero-order chi connectivity index (χ0) is 13.0. The van der Waals surface area contributed by atoms with E-state index in [1.807, 2.05) is 12.1 Å². The number of rotatable bonds is 7. The van der Waals surface area contributed by atoms with Gasteiger partial charge in [0, 0.05) is 12.6 Å². The van der Waals surface area contributed by atoms with Crippen LogP contribution in [0.2, 0.25) is 0 Å². The summed E-state index contributed by atoms with van der Waals surface area (Å²) in [5.74, 6) is 1.59. The normalized spacial score (nSPS) is 23.7. The molecule has 0 aliphatic heterocycles. The summed E-state index contributed by atoms with van der Waals surface area (Å²) in [4.78, 5) is 0. The molecule has 1 saturated carbocycles. The van der Waals surface area contributed by atoms with E-state index < -0.39 is 6.10 Å². The lowest BCUT2D eigenvalue weighted by Crippen LogP contribution is -2.33. The Morgan fingerprint density at radius 1 is 1.39 bits per heavy atom. The average Bonchev–Trinajstić information content (AvgIpc) is 3.10. The van der Waals surface area contributed by atoms with Crippen LogP contribution in [0.3, 0.4) is 0 Å². The van der Waals surface area contributed by atoms with Gasteiger partial charge in [-0.2, -0.15) is 0 Å². The molecule has 1 aromatic rings. The first-order valence-corrected chi connectivity index (χ1v) is 6.82. The Balaban J connectivity index is 1.66. The summed E-state index contributed by atoms with van der Waals surface area (Å²) in [6.07, 6.45) is 1.82. The SMILES string of the molecule is CCc1ccc(OCC(O)CNC2CC2C)cc1. The van der Waals surface area contributed by atoms with Gasteiger partial charge in [0.25, 0.3) is 0 Å². The second-order valence-electron chi connectivity index (χ2n) is 5.19. The van der Waals surface area contributed by atoms with Crippen LogP contribution in [-0.2, 0) is 6.42 Å². The molecule has 2 N–H and O–H groups in total. The molecule has 1 aliphatic rings. The first kappa shape index (κ1) is 13.4. The Kier molecular flexibility index (Phi) is 4.61. The van der Waals surface area contributed by atoms with Crippen molar-refractivity contribution in [2.45, 2.75) is 38.8 Å². The molecule has 0 amide bonds. The lowest BCUT2D eigenvalue weighted by Gasteiger charge is -2.13. The van der Waals surface area contributed by atoms with Crippen LogP contribution < -0.4 is 10.1 Å². The van der Waals surface area contributed by atoms with Gasteiger partial charge < -0.3 is 15.2 Å². The van der Waals surface area contributed by atoms with Crippen LogP contribution in [-0.4, -0.2) is 30.4 Å². The molecule has 0 saturated heterocycles. The van der Waals surface area contributed by atoms with Gasteiger partial charge in [-0.05, 0) is 36.5 Å². The topological polar surface area (TPSA) is 41.5 Å². The van der Waals surface area contributed by atoms with Crippen molar-refractivity contribution >= 4 is 0 Å². The summed E-state index contributed by atoms with van der Waals surface area (Å²) in [7, 11) is 0. The summed E-state index contributed by atoms with van der Waals surface area (Å²) < 4.78 is 5.56. The van der Waals surface area contributed by atoms with Gasteiger partial charge in [-0.15, -0.1) is 0 Å². The predicted molar refractivity (Wildman–Crippen MR) is 72.9 cm³/mol. The third-order valence-electron chi connectivity index (χ3n) is 3.50. The highest BCUT2D eigenvalue weighted by molar-refractivity contribution is 5.27. The van der Waals surface area contributed by atoms with Gasteiger partial charge in [0.15, 0.2) is 0 Å². The highest BCUT2D eigenvalue weighted by Crippen LogP contribution is 2.28. The smallest absolute Gasteiger partial charge is 0.119 e. The molecule has 18 heavy (non-hydrogen) atoms. The monoisotopic (exact) mass is 249 g/mol. The molecular weight excluding hydrogens is 226 g/mol. The molecule has 1 fully saturated rings. The Morgan fingerprint density at radius 2 is 2.06 bits per heavy atom. The van der Waals surface area contributed by atoms with Crippen molar-refractivity contribution in [2.75, 3.05) is 13.2 Å². The van der Waals surface area contributed by atoms with E-state index in [4.69, 9.17) is 4.74 Å². The Hall–Kier alpha value is -1.06. The molecule has 100 valence electrons. The Morgan fingerprint density at radius 3 is 2.61 bits per heavy atom. The largest absolute Gasteiger partial charge is 0.491 e. The summed E-state index contributed by atoms with van der Waals surface area (Å²) in [5.41, 5.74) is 1.30. The Labute approximate surface area is 109 Å². The molecule has 0 aromatic heterocycles. The van der Waals surface area contributed by atoms with Gasteiger partial charge >= 0.3 is 0 Å². The fourth-order valence-electron chi connectivity index (χ4n) is 1.97. The van der Waals surface area contributed by atoms with Crippen molar-refractivity contribution in [3.8, 4) is 5.75 Å². The highest BCUT2D eigenvalue weighted by Gasteiger charge is 2.32. The maximum atomic E-state index is 9.79. The van der Waals surface area contributed by atoms with Gasteiger partial charge in [0.1, 0.15) is 18.5 Å². The third kappa shape index (κ3) is 4.00. The Bertz CT molecular complexity index is 363. The van der Waals surface area contributed by atoms with E-state index in [2.05, 4.69) is 31.3 Å². The number of ether oxygens (including phenoxy) is 1. The number of aliphatic hydroxyl groups excluding tert-OH is 1. The standard InChI is InChI=1S/C15H23NO2/c1-3-12-4-6-14(7-5-12)18-10-13(17)9-16-15-8-11(15)2/h4-7,11,13,15-17H,3,8-10H2,1-2H3. The molecular formula is C15H23NO2. The van der Waals surface area contributed by atoms with E-state index in [1.165, 1.54) is 12.0 Å². The highest BCUT2D eigenvalue weighted by atomic mass is 16.5. The van der Waals surface area contributed by atoms with E-state index in [-0.39, 0.29) is 0 Å². The first-order valence-electron chi connectivity index (χ1n) is 6.82. The maximum Gasteiger partial charge on any atom is 0.119 e. The van der Waals surface area contributed by atoms with Gasteiger partial charge in [0.2, 0.25) is 0 Å². The van der Waals surface area contributed by atoms with E-state index in [1.54, 1.807) is 0 Å². The zero-order valence-corrected chi connectivity index (χ0v) is 11.2. The average molecular weight is 249 g/mol. The third-order valence-corrected chi connectivity index (χ3v) is 3.50. The fraction of sp³-hybridized carbons (Fsp3) is 0.600. The number of hydrogen-bond donors (Lipinski definition) is 2. The van der Waals surface area contributed by atoms with Gasteiger partial charge in [-0.3, -0.25) is 0 Å². The molecule has 0 bridgehead atoms. The first-order chi connectivity index (χ1) is 8.69. The lowest BCUT2D eigenvalue weighted by molar-refractivity contribution is 0.106. The number of aliphatic hydroxyl groups is 1. The van der Waals surface area contributed by atoms with Gasteiger partial charge in [-0.25, -0.2) is 0 Å². The van der Waals surface area contributed by atoms with Crippen LogP contribution in [0.25, 0.3) is 0 Å². The van der Waals surface area contributed by atoms with Crippen molar-refractivity contribution in [3.63, 3.8) is 0 Å². The van der Waals surface area contributed by atoms with Crippen LogP contribution >= 0.6 is 0 Å². The fourth-order valence-corrected chi connectivity index (χ4v) is 1.97. The molecule has 3 unspecified atom stereocenters. The predicted octanol–water partition coefficient (Wildman–Crippen LogP) is 1.99. The number of benzene rings is 1. The summed E-state index contributed by atoms with van der Waals surface area (Å²) in [6.45, 7) is 5.31. The van der Waals surface area contributed by atoms with Crippen molar-refractivity contribution in [2.24, 2.45) is 5.92 Å². The van der Waals surface area contributed by atoms with Crippen molar-refractivity contribution < 1.29 is 9.84 Å². The van der Waals surface area contributed by atoms with Crippen LogP contribution in [0.1, 0.15) is 25.8 Å². The van der Waals surface area contributed by atoms with E-state index >= 15 is 0 Å². The van der Waals surface area contributed by atoms with Gasteiger partial charge in [0.05, 0.1) is 0 Å². The van der Waals surface area contributed by atoms with E-state index in [9.17, 15) is 5.11 Å². The molecule has 1 aromatic carbocycles. The quantitative estimate of drug-likeness (QED) is 0.776. The summed E-state index contributed by atoms with van der Waals surface area (Å²) >= 11 is 0. The minimum atomic E-state index is -0.441. The number of aryl methyl sites for hydroxylation is 1. The molecule has 0 spiro atoms. The number of nitrogens with one attached hydrogen (secondary N) is 1. The minimum absolute atomic E-state index is 0.347. The summed E-state index contributed by atoms with van der Waals surface area (Å²) in [6, 6.07) is 8.64. The second kappa shape index (κ2) is 6.21. The minimum Gasteiger partial charge on any atom is -0.491 e. The molecule has 0 radical (unpaired) electrons. The van der Waals surface area contributed by atoms with Crippen molar-refractivity contribution in [1.82, 2.24) is 5.32 Å². The van der Waals surface area contributed by atoms with E-state index in [0.717, 1.165) is 18.1 Å². The van der Waals surface area contributed by atoms with Gasteiger partial charge in [-0.1, -0.05) is 26.0 Å². The molecule has 1 aliphatic carbocycles. The van der Waals surface area contributed by atoms with Crippen LogP contribution in [0.4, 0.5) is 0 Å². The molecule has 3 heteroatoms. The van der Waals surface area contributed by atoms with Crippen molar-refractivity contribution in [3.05, 3.63) is 29.8 Å². The van der Waals surface area contributed by atoms with E-state index in [0.29, 0.717) is 19.2 Å². The number of hydrogen-bond acceptors (Lipinski definition) is 3. The summed E-state index contributed by atoms with van der Waals surface area (Å²) in [5, 5.41) is 13.1. The molecule has 3 nitrogen and oxygen atoms in total. The van der Waals surface area contributed by atoms with Crippen LogP contribution in [0.5, 0.6) is 5.75 Å². The molecule has 2 rings (SSSR count). The van der Waals surface area contributed by atoms with Crippen LogP contribution in [0.15, 0.2) is 24.3 Å². The maximum absolute atomic E-state index is 9.79. The van der Waals surface area contributed by atoms with Crippen molar-refractivity contribution in [1.29, 1.82) is 0 Å². The zero-order valence-electron chi connectivity index (χ0n) is 11.2. The second-order valence-corrected chi connectivity index (χ2v) is 5.19. The lowest BCUT2D eigenvalue weighted by atomic mass is 10.2. The molecule has 3 atom stereocenters.